The van der Waals surface area contributed by atoms with Crippen LogP contribution in [-0.4, -0.2) is 8.07 Å². The smallest absolute Gasteiger partial charge is 0.129 e. The van der Waals surface area contributed by atoms with Crippen LogP contribution in [0.5, 0.6) is 0 Å². The van der Waals surface area contributed by atoms with Gasteiger partial charge < -0.3 is 0 Å². The van der Waals surface area contributed by atoms with Crippen molar-refractivity contribution in [2.75, 3.05) is 0 Å². The molecule has 16 heavy (non-hydrogen) atoms. The lowest BCUT2D eigenvalue weighted by Gasteiger charge is -2.16. The molecule has 0 aliphatic rings. The van der Waals surface area contributed by atoms with E-state index in [9.17, 15) is 0 Å². The Hall–Kier alpha value is -1.00. The van der Waals surface area contributed by atoms with Crippen LogP contribution in [0.4, 0.5) is 0 Å². The molecule has 0 unspecified atom stereocenters. The summed E-state index contributed by atoms with van der Waals surface area (Å²) in [4.78, 5) is 0. The molecular formula is C15H22Si. The number of hydrogen-bond donors (Lipinski definition) is 0. The Balaban J connectivity index is 2.75. The van der Waals surface area contributed by atoms with Gasteiger partial charge in [0.15, 0.2) is 0 Å². The van der Waals surface area contributed by atoms with Gasteiger partial charge >= 0.3 is 0 Å². The summed E-state index contributed by atoms with van der Waals surface area (Å²) in [5, 5.41) is 0. The Kier molecular flexibility index (Phi) is 4.38. The number of hydrogen-bond acceptors (Lipinski definition) is 0. The highest BCUT2D eigenvalue weighted by Gasteiger charge is 2.13. The summed E-state index contributed by atoms with van der Waals surface area (Å²) in [5.41, 5.74) is 4.85. The van der Waals surface area contributed by atoms with E-state index in [1.165, 1.54) is 5.56 Å². The monoisotopic (exact) mass is 230 g/mol. The van der Waals surface area contributed by atoms with E-state index in [0.717, 1.165) is 0 Å². The maximum Gasteiger partial charge on any atom is 0.129 e. The average Bonchev–Trinajstić information content (AvgIpc) is 2.25. The number of rotatable bonds is 2. The summed E-state index contributed by atoms with van der Waals surface area (Å²) in [7, 11) is -1.23. The SMILES string of the molecule is C[C@H](C#C[Si](C)(C)C)[C@H](C)c1ccccc1. The lowest BCUT2D eigenvalue weighted by Crippen LogP contribution is -2.17. The average molecular weight is 230 g/mol. The van der Waals surface area contributed by atoms with Crippen molar-refractivity contribution in [3.05, 3.63) is 35.9 Å². The Labute approximate surface area is 101 Å². The maximum atomic E-state index is 3.46. The van der Waals surface area contributed by atoms with Gasteiger partial charge in [0, 0.05) is 5.92 Å². The first-order valence-electron chi connectivity index (χ1n) is 5.98. The van der Waals surface area contributed by atoms with Crippen molar-refractivity contribution in [3.63, 3.8) is 0 Å². The molecule has 1 rings (SSSR count). The standard InChI is InChI=1S/C15H22Si/c1-13(11-12-16(3,4)5)14(2)15-9-7-6-8-10-15/h6-10,13-14H,1-5H3/t13-,14+/m1/s1. The molecule has 0 amide bonds. The van der Waals surface area contributed by atoms with Gasteiger partial charge in [-0.3, -0.25) is 0 Å². The highest BCUT2D eigenvalue weighted by atomic mass is 28.3. The van der Waals surface area contributed by atoms with E-state index in [1.54, 1.807) is 0 Å². The Morgan fingerprint density at radius 3 is 2.06 bits per heavy atom. The van der Waals surface area contributed by atoms with Crippen molar-refractivity contribution < 1.29 is 0 Å². The summed E-state index contributed by atoms with van der Waals surface area (Å²) < 4.78 is 0. The zero-order valence-corrected chi connectivity index (χ0v) is 12.0. The molecule has 1 heteroatoms. The van der Waals surface area contributed by atoms with Gasteiger partial charge in [-0.15, -0.1) is 11.5 Å². The zero-order valence-electron chi connectivity index (χ0n) is 11.0. The van der Waals surface area contributed by atoms with Gasteiger partial charge in [0.25, 0.3) is 0 Å². The summed E-state index contributed by atoms with van der Waals surface area (Å²) in [6, 6.07) is 10.7. The van der Waals surface area contributed by atoms with E-state index >= 15 is 0 Å². The van der Waals surface area contributed by atoms with Crippen LogP contribution in [0.1, 0.15) is 25.3 Å². The minimum absolute atomic E-state index is 0.439. The molecular weight excluding hydrogens is 208 g/mol. The number of benzene rings is 1. The van der Waals surface area contributed by atoms with Gasteiger partial charge in [0.05, 0.1) is 0 Å². The molecule has 0 bridgehead atoms. The zero-order chi connectivity index (χ0) is 12.2. The third kappa shape index (κ3) is 4.24. The first-order valence-corrected chi connectivity index (χ1v) is 9.48. The molecule has 0 aliphatic carbocycles. The van der Waals surface area contributed by atoms with Crippen molar-refractivity contribution in [2.24, 2.45) is 5.92 Å². The second-order valence-electron chi connectivity index (χ2n) is 5.51. The van der Waals surface area contributed by atoms with Crippen LogP contribution in [0.15, 0.2) is 30.3 Å². The molecule has 0 nitrogen and oxygen atoms in total. The minimum Gasteiger partial charge on any atom is -0.132 e. The van der Waals surface area contributed by atoms with Crippen molar-refractivity contribution in [2.45, 2.75) is 39.4 Å². The summed E-state index contributed by atoms with van der Waals surface area (Å²) in [5.74, 6) is 4.39. The Bertz CT molecular complexity index is 375. The quantitative estimate of drug-likeness (QED) is 0.525. The van der Waals surface area contributed by atoms with E-state index in [1.807, 2.05) is 0 Å². The van der Waals surface area contributed by atoms with Crippen molar-refractivity contribution in [3.8, 4) is 11.5 Å². The van der Waals surface area contributed by atoms with Crippen molar-refractivity contribution in [1.29, 1.82) is 0 Å². The Morgan fingerprint density at radius 2 is 1.56 bits per heavy atom. The first-order chi connectivity index (χ1) is 7.40. The molecule has 86 valence electrons. The highest BCUT2D eigenvalue weighted by Crippen LogP contribution is 2.23. The molecule has 1 aromatic rings. The fourth-order valence-electron chi connectivity index (χ4n) is 1.50. The normalized spacial score (nSPS) is 14.8. The van der Waals surface area contributed by atoms with Crippen LogP contribution in [0, 0.1) is 17.4 Å². The van der Waals surface area contributed by atoms with Crippen LogP contribution < -0.4 is 0 Å². The van der Waals surface area contributed by atoms with E-state index in [0.29, 0.717) is 11.8 Å². The van der Waals surface area contributed by atoms with Crippen LogP contribution >= 0.6 is 0 Å². The van der Waals surface area contributed by atoms with Crippen LogP contribution in [0.2, 0.25) is 19.6 Å². The Morgan fingerprint density at radius 1 is 1.00 bits per heavy atom. The van der Waals surface area contributed by atoms with E-state index in [-0.39, 0.29) is 0 Å². The van der Waals surface area contributed by atoms with Gasteiger partial charge in [0.1, 0.15) is 8.07 Å². The molecule has 0 saturated carbocycles. The lowest BCUT2D eigenvalue weighted by molar-refractivity contribution is 0.610. The second-order valence-corrected chi connectivity index (χ2v) is 10.3. The van der Waals surface area contributed by atoms with Gasteiger partial charge in [-0.25, -0.2) is 0 Å². The topological polar surface area (TPSA) is 0 Å². The fraction of sp³-hybridized carbons (Fsp3) is 0.467. The molecule has 0 radical (unpaired) electrons. The third-order valence-electron chi connectivity index (χ3n) is 2.75. The predicted molar refractivity (Wildman–Crippen MR) is 75.1 cm³/mol. The van der Waals surface area contributed by atoms with Crippen LogP contribution in [0.3, 0.4) is 0 Å². The molecule has 0 aromatic heterocycles. The summed E-state index contributed by atoms with van der Waals surface area (Å²) in [6.07, 6.45) is 0. The lowest BCUT2D eigenvalue weighted by atomic mass is 9.90. The predicted octanol–water partition coefficient (Wildman–Crippen LogP) is 4.31. The van der Waals surface area contributed by atoms with E-state index in [4.69, 9.17) is 0 Å². The maximum absolute atomic E-state index is 3.46. The molecule has 0 spiro atoms. The van der Waals surface area contributed by atoms with Crippen molar-refractivity contribution >= 4 is 8.07 Å². The molecule has 0 heterocycles. The van der Waals surface area contributed by atoms with E-state index in [2.05, 4.69) is 75.3 Å². The molecule has 0 saturated heterocycles. The fourth-order valence-corrected chi connectivity index (χ4v) is 2.16. The van der Waals surface area contributed by atoms with Gasteiger partial charge in [0.2, 0.25) is 0 Å². The largest absolute Gasteiger partial charge is 0.132 e. The van der Waals surface area contributed by atoms with Gasteiger partial charge in [-0.2, -0.15) is 0 Å². The molecule has 1 aromatic carbocycles. The summed E-state index contributed by atoms with van der Waals surface area (Å²) in [6.45, 7) is 11.4. The van der Waals surface area contributed by atoms with E-state index < -0.39 is 8.07 Å². The molecule has 0 N–H and O–H groups in total. The highest BCUT2D eigenvalue weighted by molar-refractivity contribution is 6.83. The van der Waals surface area contributed by atoms with Gasteiger partial charge in [-0.1, -0.05) is 63.8 Å². The van der Waals surface area contributed by atoms with Gasteiger partial charge in [-0.05, 0) is 11.5 Å². The third-order valence-corrected chi connectivity index (χ3v) is 3.64. The summed E-state index contributed by atoms with van der Waals surface area (Å²) >= 11 is 0. The van der Waals surface area contributed by atoms with Crippen LogP contribution in [0.25, 0.3) is 0 Å². The first kappa shape index (κ1) is 13.1. The van der Waals surface area contributed by atoms with Crippen molar-refractivity contribution in [1.82, 2.24) is 0 Å². The molecule has 0 fully saturated rings. The van der Waals surface area contributed by atoms with Crippen LogP contribution in [-0.2, 0) is 0 Å². The molecule has 2 atom stereocenters. The minimum atomic E-state index is -1.23. The molecule has 0 aliphatic heterocycles. The second kappa shape index (κ2) is 5.36.